The predicted octanol–water partition coefficient (Wildman–Crippen LogP) is 3.27. The molecule has 1 aliphatic heterocycles. The van der Waals surface area contributed by atoms with Crippen LogP contribution in [0.1, 0.15) is 35.1 Å². The average molecular weight is 393 g/mol. The molecule has 1 fully saturated rings. The Balaban J connectivity index is 1.60. The fraction of sp³-hybridized carbons (Fsp3) is 0.333. The van der Waals surface area contributed by atoms with Gasteiger partial charge in [0.25, 0.3) is 0 Å². The third kappa shape index (κ3) is 6.03. The van der Waals surface area contributed by atoms with Crippen molar-refractivity contribution in [2.45, 2.75) is 51.3 Å². The van der Waals surface area contributed by atoms with Gasteiger partial charge in [0, 0.05) is 19.4 Å². The van der Waals surface area contributed by atoms with Gasteiger partial charge in [-0.2, -0.15) is 0 Å². The third-order valence-electron chi connectivity index (χ3n) is 5.19. The van der Waals surface area contributed by atoms with E-state index in [1.807, 2.05) is 48.2 Å². The lowest BCUT2D eigenvalue weighted by molar-refractivity contribution is -0.136. The van der Waals surface area contributed by atoms with Crippen molar-refractivity contribution in [2.24, 2.45) is 0 Å². The fourth-order valence-corrected chi connectivity index (χ4v) is 3.70. The highest BCUT2D eigenvalue weighted by Crippen LogP contribution is 2.23. The molecule has 29 heavy (non-hydrogen) atoms. The van der Waals surface area contributed by atoms with Crippen molar-refractivity contribution in [3.8, 4) is 0 Å². The molecule has 0 spiro atoms. The Bertz CT molecular complexity index is 888. The highest BCUT2D eigenvalue weighted by atomic mass is 16.4. The Morgan fingerprint density at radius 2 is 1.90 bits per heavy atom. The minimum absolute atomic E-state index is 0.00683. The third-order valence-corrected chi connectivity index (χ3v) is 5.19. The standard InChI is InChI=1S/C24H27NO4/c1-17-3-2-4-20(13-17)14-22(26)11-9-21-10-12-23(27)25(21)16-19-7-5-18(6-8-19)15-24(28)29/h2-9,11,13,21-22,26H,10,12,14-16H2,1H3,(H,28,29)/t21-,22+/m0/s1. The maximum absolute atomic E-state index is 12.3. The van der Waals surface area contributed by atoms with E-state index in [-0.39, 0.29) is 18.4 Å². The molecule has 0 unspecified atom stereocenters. The second kappa shape index (κ2) is 9.52. The number of aryl methyl sites for hydroxylation is 1. The van der Waals surface area contributed by atoms with Crippen LogP contribution in [0.15, 0.2) is 60.7 Å². The van der Waals surface area contributed by atoms with E-state index in [1.54, 1.807) is 18.2 Å². The zero-order chi connectivity index (χ0) is 20.8. The molecule has 2 aromatic rings. The van der Waals surface area contributed by atoms with Gasteiger partial charge in [-0.05, 0) is 30.0 Å². The summed E-state index contributed by atoms with van der Waals surface area (Å²) < 4.78 is 0. The van der Waals surface area contributed by atoms with Crippen molar-refractivity contribution in [1.29, 1.82) is 0 Å². The first-order valence-electron chi connectivity index (χ1n) is 9.92. The lowest BCUT2D eigenvalue weighted by Crippen LogP contribution is -2.31. The minimum atomic E-state index is -0.859. The Kier molecular flexibility index (Phi) is 6.83. The number of nitrogens with zero attached hydrogens (tertiary/aromatic N) is 1. The van der Waals surface area contributed by atoms with Crippen LogP contribution in [0.3, 0.4) is 0 Å². The van der Waals surface area contributed by atoms with E-state index < -0.39 is 12.1 Å². The molecule has 1 aliphatic rings. The van der Waals surface area contributed by atoms with Gasteiger partial charge < -0.3 is 15.1 Å². The van der Waals surface area contributed by atoms with Crippen LogP contribution in [0, 0.1) is 6.92 Å². The molecular formula is C24H27NO4. The maximum Gasteiger partial charge on any atom is 0.307 e. The molecule has 3 rings (SSSR count). The quantitative estimate of drug-likeness (QED) is 0.675. The number of aliphatic hydroxyl groups excluding tert-OH is 1. The number of benzene rings is 2. The van der Waals surface area contributed by atoms with Crippen molar-refractivity contribution in [2.75, 3.05) is 0 Å². The van der Waals surface area contributed by atoms with Crippen LogP contribution in [0.25, 0.3) is 0 Å². The number of likely N-dealkylation sites (tertiary alicyclic amines) is 1. The van der Waals surface area contributed by atoms with Crippen molar-refractivity contribution < 1.29 is 19.8 Å². The summed E-state index contributed by atoms with van der Waals surface area (Å²) in [7, 11) is 0. The Labute approximate surface area is 171 Å². The SMILES string of the molecule is Cc1cccc(C[C@H](O)C=C[C@H]2CCC(=O)N2Cc2ccc(CC(=O)O)cc2)c1. The van der Waals surface area contributed by atoms with Gasteiger partial charge >= 0.3 is 5.97 Å². The first-order valence-corrected chi connectivity index (χ1v) is 9.92. The normalized spacial score (nSPS) is 17.8. The molecule has 1 amide bonds. The van der Waals surface area contributed by atoms with Crippen LogP contribution in [0.5, 0.6) is 0 Å². The summed E-state index contributed by atoms with van der Waals surface area (Å²) in [5, 5.41) is 19.2. The lowest BCUT2D eigenvalue weighted by atomic mass is 10.0. The number of carboxylic acid groups (broad SMARTS) is 1. The molecule has 0 radical (unpaired) electrons. The molecule has 1 saturated heterocycles. The molecular weight excluding hydrogens is 366 g/mol. The van der Waals surface area contributed by atoms with Gasteiger partial charge in [0.05, 0.1) is 18.6 Å². The summed E-state index contributed by atoms with van der Waals surface area (Å²) in [5.74, 6) is -0.760. The molecule has 0 saturated carbocycles. The van der Waals surface area contributed by atoms with Crippen LogP contribution in [0.4, 0.5) is 0 Å². The van der Waals surface area contributed by atoms with E-state index in [1.165, 1.54) is 5.56 Å². The second-order valence-corrected chi connectivity index (χ2v) is 7.66. The molecule has 0 aromatic heterocycles. The number of hydrogen-bond donors (Lipinski definition) is 2. The topological polar surface area (TPSA) is 77.8 Å². The molecule has 2 atom stereocenters. The first kappa shape index (κ1) is 20.8. The zero-order valence-electron chi connectivity index (χ0n) is 16.6. The summed E-state index contributed by atoms with van der Waals surface area (Å²) >= 11 is 0. The van der Waals surface area contributed by atoms with Gasteiger partial charge in [0.2, 0.25) is 5.91 Å². The van der Waals surface area contributed by atoms with Gasteiger partial charge in [-0.3, -0.25) is 9.59 Å². The molecule has 152 valence electrons. The summed E-state index contributed by atoms with van der Waals surface area (Å²) in [5.41, 5.74) is 3.96. The Morgan fingerprint density at radius 3 is 2.59 bits per heavy atom. The van der Waals surface area contributed by atoms with Gasteiger partial charge in [-0.1, -0.05) is 66.2 Å². The van der Waals surface area contributed by atoms with Crippen molar-refractivity contribution in [3.63, 3.8) is 0 Å². The number of carbonyl (C=O) groups excluding carboxylic acids is 1. The molecule has 0 bridgehead atoms. The van der Waals surface area contributed by atoms with Gasteiger partial charge in [0.15, 0.2) is 0 Å². The van der Waals surface area contributed by atoms with Gasteiger partial charge in [-0.15, -0.1) is 0 Å². The summed E-state index contributed by atoms with van der Waals surface area (Å²) in [6.07, 6.45) is 4.91. The number of carbonyl (C=O) groups is 2. The van der Waals surface area contributed by atoms with Crippen LogP contribution >= 0.6 is 0 Å². The van der Waals surface area contributed by atoms with E-state index in [2.05, 4.69) is 6.07 Å². The van der Waals surface area contributed by atoms with Crippen LogP contribution in [-0.2, 0) is 29.0 Å². The highest BCUT2D eigenvalue weighted by molar-refractivity contribution is 5.79. The molecule has 2 N–H and O–H groups in total. The number of aliphatic carboxylic acids is 1. The number of hydrogen-bond acceptors (Lipinski definition) is 3. The minimum Gasteiger partial charge on any atom is -0.481 e. The molecule has 2 aromatic carbocycles. The number of carboxylic acids is 1. The Hall–Kier alpha value is -2.92. The molecule has 5 nitrogen and oxygen atoms in total. The van der Waals surface area contributed by atoms with Gasteiger partial charge in [-0.25, -0.2) is 0 Å². The molecule has 5 heteroatoms. The predicted molar refractivity (Wildman–Crippen MR) is 111 cm³/mol. The largest absolute Gasteiger partial charge is 0.481 e. The average Bonchev–Trinajstić information content (AvgIpc) is 3.01. The lowest BCUT2D eigenvalue weighted by Gasteiger charge is -2.23. The van der Waals surface area contributed by atoms with E-state index in [4.69, 9.17) is 5.11 Å². The Morgan fingerprint density at radius 1 is 1.17 bits per heavy atom. The van der Waals surface area contributed by atoms with Crippen molar-refractivity contribution in [3.05, 3.63) is 82.9 Å². The van der Waals surface area contributed by atoms with E-state index in [0.29, 0.717) is 19.4 Å². The summed E-state index contributed by atoms with van der Waals surface area (Å²) in [6.45, 7) is 2.51. The summed E-state index contributed by atoms with van der Waals surface area (Å²) in [4.78, 5) is 24.9. The molecule has 0 aliphatic carbocycles. The second-order valence-electron chi connectivity index (χ2n) is 7.66. The smallest absolute Gasteiger partial charge is 0.307 e. The monoisotopic (exact) mass is 393 g/mol. The zero-order valence-corrected chi connectivity index (χ0v) is 16.6. The molecule has 1 heterocycles. The number of aliphatic hydroxyl groups is 1. The highest BCUT2D eigenvalue weighted by Gasteiger charge is 2.29. The first-order chi connectivity index (χ1) is 13.9. The summed E-state index contributed by atoms with van der Waals surface area (Å²) in [6, 6.07) is 15.4. The number of rotatable bonds is 8. The van der Waals surface area contributed by atoms with Crippen molar-refractivity contribution in [1.82, 2.24) is 4.90 Å². The van der Waals surface area contributed by atoms with Crippen LogP contribution in [0.2, 0.25) is 0 Å². The van der Waals surface area contributed by atoms with E-state index >= 15 is 0 Å². The van der Waals surface area contributed by atoms with Crippen LogP contribution < -0.4 is 0 Å². The number of amides is 1. The van der Waals surface area contributed by atoms with E-state index in [9.17, 15) is 14.7 Å². The fourth-order valence-electron chi connectivity index (χ4n) is 3.70. The van der Waals surface area contributed by atoms with E-state index in [0.717, 1.165) is 23.1 Å². The maximum atomic E-state index is 12.3. The van der Waals surface area contributed by atoms with Crippen molar-refractivity contribution >= 4 is 11.9 Å². The van der Waals surface area contributed by atoms with Gasteiger partial charge in [0.1, 0.15) is 0 Å². The van der Waals surface area contributed by atoms with Crippen LogP contribution in [-0.4, -0.2) is 39.1 Å².